The maximum atomic E-state index is 11.2. The van der Waals surface area contributed by atoms with Crippen LogP contribution in [0.15, 0.2) is 16.0 Å². The van der Waals surface area contributed by atoms with Crippen molar-refractivity contribution in [3.8, 4) is 0 Å². The molecule has 0 saturated carbocycles. The highest BCUT2D eigenvalue weighted by molar-refractivity contribution is 7.07. The lowest BCUT2D eigenvalue weighted by Gasteiger charge is -1.99. The van der Waals surface area contributed by atoms with Crippen LogP contribution in [0, 0.1) is 0 Å². The van der Waals surface area contributed by atoms with E-state index in [9.17, 15) is 4.79 Å². The molecule has 0 atom stereocenters. The standard InChI is InChI=1S/C6H8N4O2S/c7-5(10-12)1-8-6(11)4-2-13-3-9-4/h2-3,12H,1H2,(H2,7,10)(H,8,11). The number of hydrogen-bond acceptors (Lipinski definition) is 5. The van der Waals surface area contributed by atoms with Gasteiger partial charge in [0.15, 0.2) is 5.84 Å². The van der Waals surface area contributed by atoms with Crippen molar-refractivity contribution in [2.75, 3.05) is 6.54 Å². The van der Waals surface area contributed by atoms with Crippen molar-refractivity contribution in [3.63, 3.8) is 0 Å². The Hall–Kier alpha value is -1.63. The van der Waals surface area contributed by atoms with Crippen LogP contribution in [0.3, 0.4) is 0 Å². The fourth-order valence-corrected chi connectivity index (χ4v) is 1.15. The molecule has 1 heterocycles. The average molecular weight is 200 g/mol. The summed E-state index contributed by atoms with van der Waals surface area (Å²) in [6.07, 6.45) is 0. The third kappa shape index (κ3) is 2.71. The number of amidine groups is 1. The SMILES string of the molecule is NC(CNC(=O)c1cscn1)=NO. The van der Waals surface area contributed by atoms with E-state index in [0.717, 1.165) is 0 Å². The third-order valence-electron chi connectivity index (χ3n) is 1.22. The molecule has 7 heteroatoms. The Kier molecular flexibility index (Phi) is 3.21. The predicted octanol–water partition coefficient (Wildman–Crippen LogP) is -0.381. The Morgan fingerprint density at radius 2 is 2.62 bits per heavy atom. The summed E-state index contributed by atoms with van der Waals surface area (Å²) in [5.41, 5.74) is 7.03. The number of thiazole rings is 1. The molecule has 0 bridgehead atoms. The molecule has 6 nitrogen and oxygen atoms in total. The summed E-state index contributed by atoms with van der Waals surface area (Å²) in [7, 11) is 0. The molecule has 0 radical (unpaired) electrons. The van der Waals surface area contributed by atoms with Crippen LogP contribution in [0.25, 0.3) is 0 Å². The molecule has 0 aromatic carbocycles. The number of carbonyl (C=O) groups is 1. The lowest BCUT2D eigenvalue weighted by molar-refractivity contribution is 0.0955. The number of aromatic nitrogens is 1. The van der Waals surface area contributed by atoms with Crippen molar-refractivity contribution in [1.29, 1.82) is 0 Å². The zero-order valence-electron chi connectivity index (χ0n) is 6.60. The molecule has 4 N–H and O–H groups in total. The normalized spacial score (nSPS) is 11.2. The van der Waals surface area contributed by atoms with Crippen LogP contribution in [-0.2, 0) is 0 Å². The molecule has 0 spiro atoms. The summed E-state index contributed by atoms with van der Waals surface area (Å²) < 4.78 is 0. The number of amides is 1. The minimum atomic E-state index is -0.340. The van der Waals surface area contributed by atoms with Gasteiger partial charge in [-0.05, 0) is 0 Å². The third-order valence-corrected chi connectivity index (χ3v) is 1.81. The molecule has 0 fully saturated rings. The van der Waals surface area contributed by atoms with Crippen LogP contribution in [0.2, 0.25) is 0 Å². The summed E-state index contributed by atoms with van der Waals surface area (Å²) in [6.45, 7) is 0.00681. The van der Waals surface area contributed by atoms with Crippen LogP contribution >= 0.6 is 11.3 Å². The van der Waals surface area contributed by atoms with Crippen molar-refractivity contribution >= 4 is 23.1 Å². The van der Waals surface area contributed by atoms with Gasteiger partial charge in [-0.1, -0.05) is 5.16 Å². The van der Waals surface area contributed by atoms with E-state index in [0.29, 0.717) is 5.69 Å². The maximum Gasteiger partial charge on any atom is 0.271 e. The van der Waals surface area contributed by atoms with Gasteiger partial charge in [-0.25, -0.2) is 4.98 Å². The summed E-state index contributed by atoms with van der Waals surface area (Å²) >= 11 is 1.33. The molecule has 1 amide bonds. The highest BCUT2D eigenvalue weighted by atomic mass is 32.1. The van der Waals surface area contributed by atoms with E-state index in [1.54, 1.807) is 10.9 Å². The fraction of sp³-hybridized carbons (Fsp3) is 0.167. The molecule has 0 aliphatic carbocycles. The van der Waals surface area contributed by atoms with Gasteiger partial charge in [-0.2, -0.15) is 0 Å². The highest BCUT2D eigenvalue weighted by Gasteiger charge is 2.06. The Labute approximate surface area is 78.1 Å². The highest BCUT2D eigenvalue weighted by Crippen LogP contribution is 1.99. The van der Waals surface area contributed by atoms with Gasteiger partial charge >= 0.3 is 0 Å². The van der Waals surface area contributed by atoms with Gasteiger partial charge in [0.2, 0.25) is 0 Å². The van der Waals surface area contributed by atoms with Gasteiger partial charge in [0.25, 0.3) is 5.91 Å². The quantitative estimate of drug-likeness (QED) is 0.268. The largest absolute Gasteiger partial charge is 0.409 e. The van der Waals surface area contributed by atoms with Crippen molar-refractivity contribution in [1.82, 2.24) is 10.3 Å². The van der Waals surface area contributed by atoms with Crippen molar-refractivity contribution < 1.29 is 10.0 Å². The lowest BCUT2D eigenvalue weighted by Crippen LogP contribution is -2.33. The van der Waals surface area contributed by atoms with Crippen LogP contribution in [-0.4, -0.2) is 28.5 Å². The van der Waals surface area contributed by atoms with Gasteiger partial charge in [0.1, 0.15) is 5.69 Å². The number of carbonyl (C=O) groups excluding carboxylic acids is 1. The number of rotatable bonds is 3. The molecule has 0 saturated heterocycles. The second-order valence-electron chi connectivity index (χ2n) is 2.15. The van der Waals surface area contributed by atoms with Crippen LogP contribution in [0.4, 0.5) is 0 Å². The van der Waals surface area contributed by atoms with Gasteiger partial charge in [-0.3, -0.25) is 4.79 Å². The fourth-order valence-electron chi connectivity index (χ4n) is 0.621. The molecule has 1 aromatic rings. The minimum Gasteiger partial charge on any atom is -0.409 e. The topological polar surface area (TPSA) is 101 Å². The second kappa shape index (κ2) is 4.41. The molecule has 70 valence electrons. The van der Waals surface area contributed by atoms with E-state index in [1.807, 2.05) is 0 Å². The first-order chi connectivity index (χ1) is 6.24. The van der Waals surface area contributed by atoms with Gasteiger partial charge in [0, 0.05) is 5.38 Å². The molecule has 0 aliphatic heterocycles. The van der Waals surface area contributed by atoms with Gasteiger partial charge < -0.3 is 16.3 Å². The van der Waals surface area contributed by atoms with Gasteiger partial charge in [-0.15, -0.1) is 11.3 Å². The van der Waals surface area contributed by atoms with E-state index in [-0.39, 0.29) is 18.3 Å². The Morgan fingerprint density at radius 3 is 3.15 bits per heavy atom. The predicted molar refractivity (Wildman–Crippen MR) is 47.9 cm³/mol. The number of hydrogen-bond donors (Lipinski definition) is 3. The Balaban J connectivity index is 2.44. The lowest BCUT2D eigenvalue weighted by atomic mass is 10.4. The first-order valence-electron chi connectivity index (χ1n) is 3.37. The number of nitrogens with two attached hydrogens (primary N) is 1. The van der Waals surface area contributed by atoms with Crippen LogP contribution < -0.4 is 11.1 Å². The summed E-state index contributed by atoms with van der Waals surface area (Å²) in [6, 6.07) is 0. The Bertz CT molecular complexity index is 308. The molecule has 0 unspecified atom stereocenters. The number of oxime groups is 1. The molecule has 1 aromatic heterocycles. The van der Waals surface area contributed by atoms with E-state index >= 15 is 0 Å². The zero-order valence-corrected chi connectivity index (χ0v) is 7.41. The van der Waals surface area contributed by atoms with Crippen molar-refractivity contribution in [2.45, 2.75) is 0 Å². The monoisotopic (exact) mass is 200 g/mol. The van der Waals surface area contributed by atoms with E-state index in [2.05, 4.69) is 15.5 Å². The molecule has 13 heavy (non-hydrogen) atoms. The molecular formula is C6H8N4O2S. The average Bonchev–Trinajstić information content (AvgIpc) is 2.66. The number of nitrogens with zero attached hydrogens (tertiary/aromatic N) is 2. The number of nitrogens with one attached hydrogen (secondary N) is 1. The van der Waals surface area contributed by atoms with Crippen molar-refractivity contribution in [3.05, 3.63) is 16.6 Å². The summed E-state index contributed by atoms with van der Waals surface area (Å²) in [4.78, 5) is 15.0. The van der Waals surface area contributed by atoms with Crippen molar-refractivity contribution in [2.24, 2.45) is 10.9 Å². The van der Waals surface area contributed by atoms with E-state index in [1.165, 1.54) is 11.3 Å². The molecule has 0 aliphatic rings. The van der Waals surface area contributed by atoms with E-state index < -0.39 is 0 Å². The minimum absolute atomic E-state index is 0.00681. The smallest absolute Gasteiger partial charge is 0.271 e. The van der Waals surface area contributed by atoms with Crippen LogP contribution in [0.1, 0.15) is 10.5 Å². The van der Waals surface area contributed by atoms with E-state index in [4.69, 9.17) is 10.9 Å². The summed E-state index contributed by atoms with van der Waals surface area (Å²) in [5, 5.41) is 14.9. The summed E-state index contributed by atoms with van der Waals surface area (Å²) in [5.74, 6) is -0.392. The second-order valence-corrected chi connectivity index (χ2v) is 2.87. The molecule has 1 rings (SSSR count). The Morgan fingerprint density at radius 1 is 1.85 bits per heavy atom. The van der Waals surface area contributed by atoms with Gasteiger partial charge in [0.05, 0.1) is 12.1 Å². The first-order valence-corrected chi connectivity index (χ1v) is 4.31. The zero-order chi connectivity index (χ0) is 9.68. The maximum absolute atomic E-state index is 11.2. The van der Waals surface area contributed by atoms with Crippen LogP contribution in [0.5, 0.6) is 0 Å². The molecular weight excluding hydrogens is 192 g/mol. The first kappa shape index (κ1) is 9.46.